The molecule has 2 rings (SSSR count). The van der Waals surface area contributed by atoms with Gasteiger partial charge in [-0.3, -0.25) is 14.8 Å². The van der Waals surface area contributed by atoms with Crippen LogP contribution in [0.15, 0.2) is 9.98 Å². The number of ketones is 1. The van der Waals surface area contributed by atoms with Crippen molar-refractivity contribution >= 4 is 17.2 Å². The molecule has 1 aliphatic carbocycles. The summed E-state index contributed by atoms with van der Waals surface area (Å²) in [4.78, 5) is 21.1. The van der Waals surface area contributed by atoms with E-state index in [2.05, 4.69) is 23.8 Å². The van der Waals surface area contributed by atoms with Crippen LogP contribution >= 0.6 is 0 Å². The van der Waals surface area contributed by atoms with Gasteiger partial charge in [-0.25, -0.2) is 0 Å². The lowest BCUT2D eigenvalue weighted by Crippen LogP contribution is -2.52. The SMILES string of the molecule is CC1(C)CC(=O)C(C)(C)C2=NCCN=C21. The summed E-state index contributed by atoms with van der Waals surface area (Å²) < 4.78 is 0. The first kappa shape index (κ1) is 10.5. The molecule has 0 aromatic rings. The number of Topliss-reactive ketones (excluding diaryl/α,β-unsaturated/α-hetero) is 1. The van der Waals surface area contributed by atoms with Crippen molar-refractivity contribution in [3.8, 4) is 0 Å². The maximum atomic E-state index is 12.1. The second-order valence-corrected chi connectivity index (χ2v) is 5.57. The predicted molar refractivity (Wildman–Crippen MR) is 61.8 cm³/mol. The van der Waals surface area contributed by atoms with Crippen molar-refractivity contribution in [2.75, 3.05) is 13.1 Å². The lowest BCUT2D eigenvalue weighted by Gasteiger charge is -2.41. The maximum Gasteiger partial charge on any atom is 0.145 e. The molecular weight excluding hydrogens is 188 g/mol. The summed E-state index contributed by atoms with van der Waals surface area (Å²) in [7, 11) is 0. The molecule has 0 amide bonds. The zero-order valence-corrected chi connectivity index (χ0v) is 9.92. The van der Waals surface area contributed by atoms with Crippen molar-refractivity contribution in [3.05, 3.63) is 0 Å². The molecule has 0 atom stereocenters. The number of hydrogen-bond donors (Lipinski definition) is 0. The van der Waals surface area contributed by atoms with E-state index in [-0.39, 0.29) is 11.2 Å². The molecule has 1 aliphatic heterocycles. The molecule has 1 fully saturated rings. The minimum atomic E-state index is -0.436. The van der Waals surface area contributed by atoms with E-state index in [1.54, 1.807) is 0 Å². The van der Waals surface area contributed by atoms with E-state index in [1.165, 1.54) is 0 Å². The number of carbonyl (C=O) groups is 1. The average molecular weight is 206 g/mol. The second-order valence-electron chi connectivity index (χ2n) is 5.57. The normalized spacial score (nSPS) is 27.9. The summed E-state index contributed by atoms with van der Waals surface area (Å²) in [5.74, 6) is 0.284. The highest BCUT2D eigenvalue weighted by Crippen LogP contribution is 2.39. The summed E-state index contributed by atoms with van der Waals surface area (Å²) in [6, 6.07) is 0. The Kier molecular flexibility index (Phi) is 2.11. The monoisotopic (exact) mass is 206 g/mol. The lowest BCUT2D eigenvalue weighted by molar-refractivity contribution is -0.125. The third kappa shape index (κ3) is 1.45. The van der Waals surface area contributed by atoms with Gasteiger partial charge in [-0.1, -0.05) is 13.8 Å². The highest BCUT2D eigenvalue weighted by molar-refractivity contribution is 6.51. The third-order valence-corrected chi connectivity index (χ3v) is 3.40. The Hall–Kier alpha value is -0.990. The number of rotatable bonds is 0. The largest absolute Gasteiger partial charge is 0.299 e. The molecule has 1 heterocycles. The van der Waals surface area contributed by atoms with Crippen LogP contribution in [0.2, 0.25) is 0 Å². The molecule has 0 unspecified atom stereocenters. The Bertz CT molecular complexity index is 375. The molecule has 82 valence electrons. The Morgan fingerprint density at radius 3 is 2.13 bits per heavy atom. The van der Waals surface area contributed by atoms with Crippen LogP contribution < -0.4 is 0 Å². The van der Waals surface area contributed by atoms with Crippen molar-refractivity contribution in [2.45, 2.75) is 34.1 Å². The Morgan fingerprint density at radius 2 is 1.53 bits per heavy atom. The minimum absolute atomic E-state index is 0.133. The molecule has 0 aromatic carbocycles. The molecule has 0 aromatic heterocycles. The molecule has 0 spiro atoms. The molecule has 0 bridgehead atoms. The lowest BCUT2D eigenvalue weighted by atomic mass is 9.63. The first-order chi connectivity index (χ1) is 6.86. The molecule has 0 radical (unpaired) electrons. The van der Waals surface area contributed by atoms with Crippen LogP contribution in [0.5, 0.6) is 0 Å². The van der Waals surface area contributed by atoms with Crippen LogP contribution in [-0.2, 0) is 4.79 Å². The van der Waals surface area contributed by atoms with E-state index in [0.29, 0.717) is 6.42 Å². The van der Waals surface area contributed by atoms with Gasteiger partial charge in [-0.05, 0) is 13.8 Å². The standard InChI is InChI=1S/C12H18N2O/c1-11(2)7-8(15)12(3,4)10-9(11)13-5-6-14-10/h5-7H2,1-4H3. The van der Waals surface area contributed by atoms with Gasteiger partial charge in [0.25, 0.3) is 0 Å². The zero-order chi connectivity index (χ0) is 11.3. The van der Waals surface area contributed by atoms with Crippen molar-refractivity contribution in [3.63, 3.8) is 0 Å². The molecule has 2 aliphatic rings. The molecule has 15 heavy (non-hydrogen) atoms. The van der Waals surface area contributed by atoms with Crippen LogP contribution in [0, 0.1) is 10.8 Å². The zero-order valence-electron chi connectivity index (χ0n) is 9.92. The van der Waals surface area contributed by atoms with Gasteiger partial charge in [0.1, 0.15) is 5.78 Å². The fourth-order valence-electron chi connectivity index (χ4n) is 2.34. The Labute approximate surface area is 90.7 Å². The Balaban J connectivity index is 2.53. The van der Waals surface area contributed by atoms with E-state index >= 15 is 0 Å². The second kappa shape index (κ2) is 3.00. The maximum absolute atomic E-state index is 12.1. The highest BCUT2D eigenvalue weighted by Gasteiger charge is 2.48. The van der Waals surface area contributed by atoms with E-state index in [4.69, 9.17) is 0 Å². The smallest absolute Gasteiger partial charge is 0.145 e. The van der Waals surface area contributed by atoms with Gasteiger partial charge < -0.3 is 0 Å². The van der Waals surface area contributed by atoms with Crippen molar-refractivity contribution in [1.82, 2.24) is 0 Å². The van der Waals surface area contributed by atoms with Crippen molar-refractivity contribution in [1.29, 1.82) is 0 Å². The fraction of sp³-hybridized carbons (Fsp3) is 0.750. The van der Waals surface area contributed by atoms with E-state index in [9.17, 15) is 4.79 Å². The molecule has 1 saturated carbocycles. The van der Waals surface area contributed by atoms with Gasteiger partial charge in [0, 0.05) is 11.8 Å². The summed E-state index contributed by atoms with van der Waals surface area (Å²) in [5.41, 5.74) is 1.41. The fourth-order valence-corrected chi connectivity index (χ4v) is 2.34. The van der Waals surface area contributed by atoms with Crippen LogP contribution in [0.4, 0.5) is 0 Å². The Morgan fingerprint density at radius 1 is 1.00 bits per heavy atom. The van der Waals surface area contributed by atoms with Gasteiger partial charge in [-0.2, -0.15) is 0 Å². The minimum Gasteiger partial charge on any atom is -0.299 e. The molecular formula is C12H18N2O. The first-order valence-corrected chi connectivity index (χ1v) is 5.49. The summed E-state index contributed by atoms with van der Waals surface area (Å²) in [5, 5.41) is 0. The van der Waals surface area contributed by atoms with Gasteiger partial charge in [-0.15, -0.1) is 0 Å². The quantitative estimate of drug-likeness (QED) is 0.597. The third-order valence-electron chi connectivity index (χ3n) is 3.40. The van der Waals surface area contributed by atoms with Crippen LogP contribution in [-0.4, -0.2) is 30.3 Å². The topological polar surface area (TPSA) is 41.8 Å². The molecule has 3 heteroatoms. The molecule has 0 saturated heterocycles. The summed E-state index contributed by atoms with van der Waals surface area (Å²) in [6.07, 6.45) is 0.581. The van der Waals surface area contributed by atoms with Gasteiger partial charge in [0.05, 0.1) is 29.9 Å². The van der Waals surface area contributed by atoms with E-state index < -0.39 is 5.41 Å². The van der Waals surface area contributed by atoms with E-state index in [1.807, 2.05) is 13.8 Å². The number of aliphatic imine (C=N–C) groups is 2. The van der Waals surface area contributed by atoms with Crippen LogP contribution in [0.3, 0.4) is 0 Å². The number of nitrogens with zero attached hydrogens (tertiary/aromatic N) is 2. The highest BCUT2D eigenvalue weighted by atomic mass is 16.1. The van der Waals surface area contributed by atoms with E-state index in [0.717, 1.165) is 24.5 Å². The van der Waals surface area contributed by atoms with Crippen molar-refractivity contribution in [2.24, 2.45) is 20.8 Å². The van der Waals surface area contributed by atoms with Gasteiger partial charge in [0.15, 0.2) is 0 Å². The summed E-state index contributed by atoms with van der Waals surface area (Å²) >= 11 is 0. The number of carbonyl (C=O) groups excluding carboxylic acids is 1. The average Bonchev–Trinajstić information content (AvgIpc) is 2.15. The molecule has 0 N–H and O–H groups in total. The van der Waals surface area contributed by atoms with Gasteiger partial charge in [0.2, 0.25) is 0 Å². The van der Waals surface area contributed by atoms with Crippen molar-refractivity contribution < 1.29 is 4.79 Å². The molecule has 3 nitrogen and oxygen atoms in total. The number of fused-ring (bicyclic) bond motifs is 1. The van der Waals surface area contributed by atoms with Gasteiger partial charge >= 0.3 is 0 Å². The summed E-state index contributed by atoms with van der Waals surface area (Å²) in [6.45, 7) is 9.59. The van der Waals surface area contributed by atoms with Crippen LogP contribution in [0.25, 0.3) is 0 Å². The predicted octanol–water partition coefficient (Wildman–Crippen LogP) is 1.91. The first-order valence-electron chi connectivity index (χ1n) is 5.49. The number of hydrogen-bond acceptors (Lipinski definition) is 3. The van der Waals surface area contributed by atoms with Crippen LogP contribution in [0.1, 0.15) is 34.1 Å².